The second-order valence-corrected chi connectivity index (χ2v) is 5.80. The van der Waals surface area contributed by atoms with Gasteiger partial charge in [0.1, 0.15) is 18.0 Å². The molecule has 0 aliphatic carbocycles. The van der Waals surface area contributed by atoms with Crippen LogP contribution in [0.25, 0.3) is 0 Å². The molecule has 1 aromatic rings. The summed E-state index contributed by atoms with van der Waals surface area (Å²) in [5, 5.41) is 6.88. The van der Waals surface area contributed by atoms with Gasteiger partial charge in [-0.2, -0.15) is 0 Å². The number of anilines is 2. The topological polar surface area (TPSA) is 53.1 Å². The van der Waals surface area contributed by atoms with Crippen molar-refractivity contribution in [3.05, 3.63) is 11.9 Å². The van der Waals surface area contributed by atoms with E-state index in [1.165, 1.54) is 31.5 Å². The molecular weight excluding hydrogens is 262 g/mol. The molecule has 0 bridgehead atoms. The normalized spacial score (nSPS) is 16.9. The smallest absolute Gasteiger partial charge is 0.134 e. The quantitative estimate of drug-likeness (QED) is 0.771. The van der Waals surface area contributed by atoms with Crippen LogP contribution in [0.15, 0.2) is 6.33 Å². The Bertz CT molecular complexity index is 429. The van der Waals surface area contributed by atoms with Gasteiger partial charge in [-0.3, -0.25) is 4.90 Å². The molecule has 21 heavy (non-hydrogen) atoms. The Hall–Kier alpha value is -1.36. The first-order valence-electron chi connectivity index (χ1n) is 8.31. The van der Waals surface area contributed by atoms with Crippen LogP contribution < -0.4 is 10.6 Å². The minimum Gasteiger partial charge on any atom is -0.370 e. The largest absolute Gasteiger partial charge is 0.370 e. The van der Waals surface area contributed by atoms with E-state index in [2.05, 4.69) is 46.3 Å². The van der Waals surface area contributed by atoms with Crippen LogP contribution in [-0.4, -0.2) is 47.1 Å². The average molecular weight is 291 g/mol. The van der Waals surface area contributed by atoms with Gasteiger partial charge >= 0.3 is 0 Å². The molecule has 0 saturated carbocycles. The van der Waals surface area contributed by atoms with E-state index in [9.17, 15) is 0 Å². The first kappa shape index (κ1) is 16.0. The van der Waals surface area contributed by atoms with E-state index in [4.69, 9.17) is 0 Å². The van der Waals surface area contributed by atoms with Gasteiger partial charge in [-0.05, 0) is 46.2 Å². The van der Waals surface area contributed by atoms with Crippen LogP contribution in [0.3, 0.4) is 0 Å². The van der Waals surface area contributed by atoms with Crippen LogP contribution in [0, 0.1) is 0 Å². The van der Waals surface area contributed by atoms with E-state index >= 15 is 0 Å². The van der Waals surface area contributed by atoms with Crippen LogP contribution in [0.5, 0.6) is 0 Å². The van der Waals surface area contributed by atoms with Gasteiger partial charge in [0, 0.05) is 24.7 Å². The minimum atomic E-state index is 0.555. The van der Waals surface area contributed by atoms with Crippen molar-refractivity contribution in [1.29, 1.82) is 0 Å². The van der Waals surface area contributed by atoms with Gasteiger partial charge in [0.2, 0.25) is 0 Å². The second kappa shape index (κ2) is 8.17. The summed E-state index contributed by atoms with van der Waals surface area (Å²) in [6, 6.07) is 0.555. The highest BCUT2D eigenvalue weighted by atomic mass is 15.2. The molecule has 0 aromatic carbocycles. The molecule has 1 aliphatic rings. The zero-order valence-electron chi connectivity index (χ0n) is 13.7. The van der Waals surface area contributed by atoms with Gasteiger partial charge < -0.3 is 10.6 Å². The Labute approximate surface area is 128 Å². The van der Waals surface area contributed by atoms with Crippen molar-refractivity contribution in [3.8, 4) is 0 Å². The predicted octanol–water partition coefficient (Wildman–Crippen LogP) is 2.76. The van der Waals surface area contributed by atoms with E-state index in [0.29, 0.717) is 6.04 Å². The number of hydrogen-bond acceptors (Lipinski definition) is 5. The van der Waals surface area contributed by atoms with Crippen molar-refractivity contribution in [2.75, 3.05) is 36.8 Å². The summed E-state index contributed by atoms with van der Waals surface area (Å²) >= 11 is 0. The third kappa shape index (κ3) is 4.30. The van der Waals surface area contributed by atoms with Crippen molar-refractivity contribution in [2.45, 2.75) is 52.5 Å². The van der Waals surface area contributed by atoms with E-state index in [0.717, 1.165) is 37.6 Å². The molecule has 1 unspecified atom stereocenters. The molecular formula is C16H29N5. The maximum absolute atomic E-state index is 4.46. The monoisotopic (exact) mass is 291 g/mol. The summed E-state index contributed by atoms with van der Waals surface area (Å²) in [6.07, 6.45) is 6.43. The number of likely N-dealkylation sites (tertiary alicyclic amines) is 1. The molecule has 1 aromatic heterocycles. The molecule has 0 amide bonds. The summed E-state index contributed by atoms with van der Waals surface area (Å²) < 4.78 is 0. The van der Waals surface area contributed by atoms with Crippen molar-refractivity contribution in [3.63, 3.8) is 0 Å². The van der Waals surface area contributed by atoms with Gasteiger partial charge in [-0.1, -0.05) is 13.3 Å². The zero-order chi connectivity index (χ0) is 15.1. The molecule has 118 valence electrons. The lowest BCUT2D eigenvalue weighted by Crippen LogP contribution is -2.35. The van der Waals surface area contributed by atoms with Gasteiger partial charge in [0.05, 0.1) is 0 Å². The van der Waals surface area contributed by atoms with Gasteiger partial charge in [0.25, 0.3) is 0 Å². The van der Waals surface area contributed by atoms with Gasteiger partial charge in [0.15, 0.2) is 0 Å². The van der Waals surface area contributed by atoms with E-state index in [-0.39, 0.29) is 0 Å². The highest BCUT2D eigenvalue weighted by Gasteiger charge is 2.18. The summed E-state index contributed by atoms with van der Waals surface area (Å²) in [7, 11) is 0. The Morgan fingerprint density at radius 1 is 1.14 bits per heavy atom. The van der Waals surface area contributed by atoms with Crippen LogP contribution >= 0.6 is 0 Å². The molecule has 1 atom stereocenters. The van der Waals surface area contributed by atoms with Crippen LogP contribution in [0.1, 0.15) is 45.6 Å². The van der Waals surface area contributed by atoms with E-state index in [1.807, 2.05) is 0 Å². The molecule has 2 heterocycles. The SMILES string of the molecule is CCCc1c(NCC)ncnc1NCC(C)N1CCCC1. The standard InChI is InChI=1S/C16H29N5/c1-4-8-14-15(17-5-2)19-12-20-16(14)18-11-13(3)21-9-6-7-10-21/h12-13H,4-11H2,1-3H3,(H2,17,18,19,20). The number of nitrogens with one attached hydrogen (secondary N) is 2. The number of aromatic nitrogens is 2. The second-order valence-electron chi connectivity index (χ2n) is 5.80. The Kier molecular flexibility index (Phi) is 6.23. The summed E-state index contributed by atoms with van der Waals surface area (Å²) in [5.74, 6) is 1.97. The molecule has 1 fully saturated rings. The maximum Gasteiger partial charge on any atom is 0.134 e. The number of hydrogen-bond donors (Lipinski definition) is 2. The third-order valence-corrected chi connectivity index (χ3v) is 4.12. The zero-order valence-corrected chi connectivity index (χ0v) is 13.7. The Morgan fingerprint density at radius 2 is 1.81 bits per heavy atom. The fraction of sp³-hybridized carbons (Fsp3) is 0.750. The molecule has 2 rings (SSSR count). The predicted molar refractivity (Wildman–Crippen MR) is 88.9 cm³/mol. The van der Waals surface area contributed by atoms with Crippen molar-refractivity contribution in [2.24, 2.45) is 0 Å². The molecule has 5 nitrogen and oxygen atoms in total. The lowest BCUT2D eigenvalue weighted by molar-refractivity contribution is 0.269. The summed E-state index contributed by atoms with van der Waals surface area (Å²) in [6.45, 7) is 10.9. The van der Waals surface area contributed by atoms with Crippen molar-refractivity contribution in [1.82, 2.24) is 14.9 Å². The fourth-order valence-corrected chi connectivity index (χ4v) is 2.93. The number of rotatable bonds is 8. The molecule has 1 saturated heterocycles. The highest BCUT2D eigenvalue weighted by Crippen LogP contribution is 2.22. The van der Waals surface area contributed by atoms with Crippen LogP contribution in [0.4, 0.5) is 11.6 Å². The number of nitrogens with zero attached hydrogens (tertiary/aromatic N) is 3. The summed E-state index contributed by atoms with van der Waals surface area (Å²) in [4.78, 5) is 11.4. The minimum absolute atomic E-state index is 0.555. The lowest BCUT2D eigenvalue weighted by Gasteiger charge is -2.24. The maximum atomic E-state index is 4.46. The van der Waals surface area contributed by atoms with Gasteiger partial charge in [-0.25, -0.2) is 9.97 Å². The summed E-state index contributed by atoms with van der Waals surface area (Å²) in [5.41, 5.74) is 1.22. The average Bonchev–Trinajstić information content (AvgIpc) is 3.02. The van der Waals surface area contributed by atoms with E-state index in [1.54, 1.807) is 6.33 Å². The molecule has 0 radical (unpaired) electrons. The van der Waals surface area contributed by atoms with Gasteiger partial charge in [-0.15, -0.1) is 0 Å². The molecule has 1 aliphatic heterocycles. The fourth-order valence-electron chi connectivity index (χ4n) is 2.93. The Morgan fingerprint density at radius 3 is 2.43 bits per heavy atom. The molecule has 5 heteroatoms. The van der Waals surface area contributed by atoms with Crippen molar-refractivity contribution >= 4 is 11.6 Å². The van der Waals surface area contributed by atoms with Crippen LogP contribution in [-0.2, 0) is 6.42 Å². The lowest BCUT2D eigenvalue weighted by atomic mass is 10.1. The van der Waals surface area contributed by atoms with E-state index < -0.39 is 0 Å². The first-order valence-corrected chi connectivity index (χ1v) is 8.31. The molecule has 0 spiro atoms. The first-order chi connectivity index (χ1) is 10.3. The third-order valence-electron chi connectivity index (χ3n) is 4.12. The molecule has 2 N–H and O–H groups in total. The van der Waals surface area contributed by atoms with Crippen LogP contribution in [0.2, 0.25) is 0 Å². The van der Waals surface area contributed by atoms with Crippen molar-refractivity contribution < 1.29 is 0 Å². The highest BCUT2D eigenvalue weighted by molar-refractivity contribution is 5.57. The Balaban J connectivity index is 2.02.